The molecule has 4 heteroatoms. The minimum absolute atomic E-state index is 0.175. The average Bonchev–Trinajstić information content (AvgIpc) is 2.16. The standard InChI is InChI=1S/C10H15N3O/c1-8-4-6-9(7-5-8)11-12-10(14)13(2)3/h4-7,11H,1-3H3,(H,12,14). The van der Waals surface area contributed by atoms with Gasteiger partial charge in [-0.25, -0.2) is 4.79 Å². The monoisotopic (exact) mass is 193 g/mol. The Hall–Kier alpha value is -1.71. The van der Waals surface area contributed by atoms with Crippen molar-refractivity contribution >= 4 is 11.7 Å². The number of amides is 2. The number of rotatable bonds is 2. The molecular formula is C10H15N3O. The Balaban J connectivity index is 2.46. The lowest BCUT2D eigenvalue weighted by molar-refractivity contribution is 0.219. The lowest BCUT2D eigenvalue weighted by atomic mass is 10.2. The van der Waals surface area contributed by atoms with Gasteiger partial charge in [-0.2, -0.15) is 0 Å². The van der Waals surface area contributed by atoms with E-state index in [1.807, 2.05) is 31.2 Å². The number of carbonyl (C=O) groups is 1. The number of nitrogens with one attached hydrogen (secondary N) is 2. The highest BCUT2D eigenvalue weighted by molar-refractivity contribution is 5.75. The van der Waals surface area contributed by atoms with E-state index < -0.39 is 0 Å². The maximum absolute atomic E-state index is 11.1. The van der Waals surface area contributed by atoms with Gasteiger partial charge >= 0.3 is 6.03 Å². The molecule has 76 valence electrons. The molecular weight excluding hydrogens is 178 g/mol. The third kappa shape index (κ3) is 2.97. The number of benzene rings is 1. The lowest BCUT2D eigenvalue weighted by Crippen LogP contribution is -2.38. The second-order valence-corrected chi connectivity index (χ2v) is 3.32. The van der Waals surface area contributed by atoms with Gasteiger partial charge in [0.15, 0.2) is 0 Å². The van der Waals surface area contributed by atoms with Gasteiger partial charge in [-0.1, -0.05) is 17.7 Å². The van der Waals surface area contributed by atoms with E-state index in [2.05, 4.69) is 10.9 Å². The van der Waals surface area contributed by atoms with Crippen LogP contribution in [0, 0.1) is 6.92 Å². The largest absolute Gasteiger partial charge is 0.335 e. The molecule has 4 nitrogen and oxygen atoms in total. The van der Waals surface area contributed by atoms with Crippen molar-refractivity contribution in [2.45, 2.75) is 6.92 Å². The van der Waals surface area contributed by atoms with E-state index in [-0.39, 0.29) is 6.03 Å². The molecule has 0 atom stereocenters. The van der Waals surface area contributed by atoms with Crippen LogP contribution in [0.15, 0.2) is 24.3 Å². The summed E-state index contributed by atoms with van der Waals surface area (Å²) in [5, 5.41) is 0. The Morgan fingerprint density at radius 2 is 1.79 bits per heavy atom. The summed E-state index contributed by atoms with van der Waals surface area (Å²) < 4.78 is 0. The number of hydrogen-bond acceptors (Lipinski definition) is 2. The normalized spacial score (nSPS) is 9.36. The minimum atomic E-state index is -0.175. The molecule has 0 bridgehead atoms. The molecule has 0 saturated carbocycles. The van der Waals surface area contributed by atoms with Crippen molar-refractivity contribution in [3.05, 3.63) is 29.8 Å². The van der Waals surface area contributed by atoms with Gasteiger partial charge in [0.25, 0.3) is 0 Å². The molecule has 1 aromatic carbocycles. The van der Waals surface area contributed by atoms with Gasteiger partial charge in [0.1, 0.15) is 0 Å². The fourth-order valence-corrected chi connectivity index (χ4v) is 0.874. The van der Waals surface area contributed by atoms with E-state index in [1.54, 1.807) is 14.1 Å². The van der Waals surface area contributed by atoms with Crippen molar-refractivity contribution in [3.63, 3.8) is 0 Å². The van der Waals surface area contributed by atoms with Crippen molar-refractivity contribution in [2.75, 3.05) is 19.5 Å². The predicted octanol–water partition coefficient (Wildman–Crippen LogP) is 1.59. The van der Waals surface area contributed by atoms with E-state index in [4.69, 9.17) is 0 Å². The molecule has 14 heavy (non-hydrogen) atoms. The van der Waals surface area contributed by atoms with Crippen LogP contribution >= 0.6 is 0 Å². The Kier molecular flexibility index (Phi) is 3.34. The molecule has 1 rings (SSSR count). The van der Waals surface area contributed by atoms with Gasteiger partial charge in [0.2, 0.25) is 0 Å². The first-order valence-corrected chi connectivity index (χ1v) is 4.39. The van der Waals surface area contributed by atoms with Crippen molar-refractivity contribution < 1.29 is 4.79 Å². The van der Waals surface area contributed by atoms with E-state index in [0.29, 0.717) is 0 Å². The summed E-state index contributed by atoms with van der Waals surface area (Å²) in [5.41, 5.74) is 7.42. The fourth-order valence-electron chi connectivity index (χ4n) is 0.874. The smallest absolute Gasteiger partial charge is 0.330 e. The highest BCUT2D eigenvalue weighted by Gasteiger charge is 2.00. The number of carbonyl (C=O) groups excluding carboxylic acids is 1. The second-order valence-electron chi connectivity index (χ2n) is 3.32. The first-order chi connectivity index (χ1) is 6.59. The van der Waals surface area contributed by atoms with Crippen molar-refractivity contribution in [3.8, 4) is 0 Å². The Morgan fingerprint density at radius 1 is 1.21 bits per heavy atom. The van der Waals surface area contributed by atoms with Gasteiger partial charge in [-0.05, 0) is 19.1 Å². The second kappa shape index (κ2) is 4.50. The molecule has 0 aromatic heterocycles. The third-order valence-electron chi connectivity index (χ3n) is 1.77. The molecule has 0 aliphatic heterocycles. The summed E-state index contributed by atoms with van der Waals surface area (Å²) in [6.07, 6.45) is 0. The molecule has 2 amide bonds. The summed E-state index contributed by atoms with van der Waals surface area (Å²) in [6, 6.07) is 7.59. The summed E-state index contributed by atoms with van der Waals surface area (Å²) >= 11 is 0. The zero-order valence-corrected chi connectivity index (χ0v) is 8.66. The van der Waals surface area contributed by atoms with Gasteiger partial charge in [0, 0.05) is 14.1 Å². The summed E-state index contributed by atoms with van der Waals surface area (Å²) in [5.74, 6) is 0. The highest BCUT2D eigenvalue weighted by atomic mass is 16.2. The maximum atomic E-state index is 11.1. The minimum Gasteiger partial charge on any atom is -0.330 e. The van der Waals surface area contributed by atoms with Crippen LogP contribution in [0.4, 0.5) is 10.5 Å². The maximum Gasteiger partial charge on any atom is 0.335 e. The van der Waals surface area contributed by atoms with Crippen molar-refractivity contribution in [1.82, 2.24) is 10.3 Å². The van der Waals surface area contributed by atoms with Crippen LogP contribution in [0.1, 0.15) is 5.56 Å². The molecule has 1 aromatic rings. The van der Waals surface area contributed by atoms with Gasteiger partial charge in [0.05, 0.1) is 5.69 Å². The Labute approximate surface area is 83.9 Å². The van der Waals surface area contributed by atoms with E-state index in [9.17, 15) is 4.79 Å². The van der Waals surface area contributed by atoms with Crippen molar-refractivity contribution in [2.24, 2.45) is 0 Å². The number of hydrogen-bond donors (Lipinski definition) is 2. The van der Waals surface area contributed by atoms with E-state index in [0.717, 1.165) is 5.69 Å². The fraction of sp³-hybridized carbons (Fsp3) is 0.300. The Bertz CT molecular complexity index is 306. The molecule has 0 saturated heterocycles. The quantitative estimate of drug-likeness (QED) is 0.700. The molecule has 0 heterocycles. The lowest BCUT2D eigenvalue weighted by Gasteiger charge is -2.13. The molecule has 0 fully saturated rings. The summed E-state index contributed by atoms with van der Waals surface area (Å²) in [4.78, 5) is 12.6. The molecule has 0 unspecified atom stereocenters. The van der Waals surface area contributed by atoms with Crippen LogP contribution in [0.25, 0.3) is 0 Å². The molecule has 2 N–H and O–H groups in total. The number of nitrogens with zero attached hydrogens (tertiary/aromatic N) is 1. The highest BCUT2D eigenvalue weighted by Crippen LogP contribution is 2.06. The third-order valence-corrected chi connectivity index (χ3v) is 1.77. The Morgan fingerprint density at radius 3 is 2.29 bits per heavy atom. The molecule has 0 radical (unpaired) electrons. The average molecular weight is 193 g/mol. The van der Waals surface area contributed by atoms with Crippen LogP contribution in [0.3, 0.4) is 0 Å². The number of hydrazine groups is 1. The van der Waals surface area contributed by atoms with E-state index in [1.165, 1.54) is 10.5 Å². The van der Waals surface area contributed by atoms with Crippen LogP contribution < -0.4 is 10.9 Å². The van der Waals surface area contributed by atoms with Gasteiger partial charge in [-0.15, -0.1) is 0 Å². The van der Waals surface area contributed by atoms with Gasteiger partial charge < -0.3 is 4.90 Å². The summed E-state index contributed by atoms with van der Waals surface area (Å²) in [7, 11) is 3.37. The zero-order valence-electron chi connectivity index (χ0n) is 8.66. The van der Waals surface area contributed by atoms with Crippen LogP contribution in [0.5, 0.6) is 0 Å². The summed E-state index contributed by atoms with van der Waals surface area (Å²) in [6.45, 7) is 2.02. The van der Waals surface area contributed by atoms with Crippen LogP contribution in [-0.4, -0.2) is 25.0 Å². The topological polar surface area (TPSA) is 44.4 Å². The van der Waals surface area contributed by atoms with E-state index >= 15 is 0 Å². The zero-order chi connectivity index (χ0) is 10.6. The first kappa shape index (κ1) is 10.4. The van der Waals surface area contributed by atoms with Crippen LogP contribution in [0.2, 0.25) is 0 Å². The SMILES string of the molecule is Cc1ccc(NNC(=O)N(C)C)cc1. The van der Waals surface area contributed by atoms with Crippen LogP contribution in [-0.2, 0) is 0 Å². The predicted molar refractivity (Wildman–Crippen MR) is 57.0 cm³/mol. The van der Waals surface area contributed by atoms with Crippen molar-refractivity contribution in [1.29, 1.82) is 0 Å². The first-order valence-electron chi connectivity index (χ1n) is 4.39. The molecule has 0 aliphatic rings. The number of aryl methyl sites for hydroxylation is 1. The van der Waals surface area contributed by atoms with Gasteiger partial charge in [-0.3, -0.25) is 10.9 Å². The molecule has 0 aliphatic carbocycles. The molecule has 0 spiro atoms. The number of anilines is 1. The number of urea groups is 1.